The van der Waals surface area contributed by atoms with Gasteiger partial charge >= 0.3 is 0 Å². The van der Waals surface area contributed by atoms with Crippen molar-refractivity contribution in [1.82, 2.24) is 4.90 Å². The van der Waals surface area contributed by atoms with Crippen LogP contribution in [0.15, 0.2) is 40.6 Å². The van der Waals surface area contributed by atoms with Crippen molar-refractivity contribution < 1.29 is 0 Å². The Morgan fingerprint density at radius 3 is 2.88 bits per heavy atom. The third-order valence-electron chi connectivity index (χ3n) is 3.29. The molecule has 86 valence electrons. The van der Waals surface area contributed by atoms with Crippen LogP contribution < -0.4 is 5.73 Å². The monoisotopic (exact) mass is 280 g/mol. The molecule has 16 heavy (non-hydrogen) atoms. The minimum absolute atomic E-state index is 0.444. The zero-order chi connectivity index (χ0) is 11.5. The number of halogens is 1. The molecule has 1 saturated heterocycles. The van der Waals surface area contributed by atoms with Crippen LogP contribution >= 0.6 is 15.9 Å². The topological polar surface area (TPSA) is 29.3 Å². The molecule has 1 atom stereocenters. The standard InChI is InChI=1S/C13H17BrN2/c1-16-10(9-15)5-4-8-13(16)11-6-2-3-7-12(11)14/h2-3,6-7,9,13H,4-5,8,15H2,1H3/b10-9-. The van der Waals surface area contributed by atoms with Crippen molar-refractivity contribution in [3.8, 4) is 0 Å². The van der Waals surface area contributed by atoms with E-state index in [0.29, 0.717) is 6.04 Å². The molecular formula is C13H17BrN2. The first kappa shape index (κ1) is 11.5. The van der Waals surface area contributed by atoms with Crippen LogP contribution in [0.25, 0.3) is 0 Å². The minimum atomic E-state index is 0.444. The van der Waals surface area contributed by atoms with E-state index >= 15 is 0 Å². The second kappa shape index (κ2) is 4.91. The van der Waals surface area contributed by atoms with Crippen molar-refractivity contribution in [1.29, 1.82) is 0 Å². The summed E-state index contributed by atoms with van der Waals surface area (Å²) in [5.41, 5.74) is 8.25. The van der Waals surface area contributed by atoms with Gasteiger partial charge in [-0.2, -0.15) is 0 Å². The molecule has 1 unspecified atom stereocenters. The van der Waals surface area contributed by atoms with Gasteiger partial charge in [0.25, 0.3) is 0 Å². The molecule has 2 rings (SSSR count). The van der Waals surface area contributed by atoms with E-state index in [9.17, 15) is 0 Å². The Bertz CT molecular complexity index is 401. The summed E-state index contributed by atoms with van der Waals surface area (Å²) in [7, 11) is 2.13. The molecule has 1 aromatic rings. The van der Waals surface area contributed by atoms with Gasteiger partial charge in [-0.1, -0.05) is 34.1 Å². The number of nitrogens with zero attached hydrogens (tertiary/aromatic N) is 1. The summed E-state index contributed by atoms with van der Waals surface area (Å²) in [5, 5.41) is 0. The molecule has 1 aliphatic heterocycles. The highest BCUT2D eigenvalue weighted by Crippen LogP contribution is 2.37. The summed E-state index contributed by atoms with van der Waals surface area (Å²) in [6, 6.07) is 8.87. The average molecular weight is 281 g/mol. The Hall–Kier alpha value is -0.960. The summed E-state index contributed by atoms with van der Waals surface area (Å²) in [6.45, 7) is 0. The lowest BCUT2D eigenvalue weighted by Gasteiger charge is -2.37. The maximum atomic E-state index is 5.66. The van der Waals surface area contributed by atoms with Gasteiger partial charge in [0, 0.05) is 23.4 Å². The molecule has 2 nitrogen and oxygen atoms in total. The van der Waals surface area contributed by atoms with Crippen molar-refractivity contribution in [2.75, 3.05) is 7.05 Å². The summed E-state index contributed by atoms with van der Waals surface area (Å²) < 4.78 is 1.19. The molecule has 2 N–H and O–H groups in total. The highest BCUT2D eigenvalue weighted by Gasteiger charge is 2.24. The zero-order valence-corrected chi connectivity index (χ0v) is 11.1. The van der Waals surface area contributed by atoms with Crippen molar-refractivity contribution in [3.63, 3.8) is 0 Å². The maximum Gasteiger partial charge on any atom is 0.0547 e. The van der Waals surface area contributed by atoms with Crippen LogP contribution in [0.5, 0.6) is 0 Å². The van der Waals surface area contributed by atoms with Gasteiger partial charge in [-0.05, 0) is 30.9 Å². The fourth-order valence-electron chi connectivity index (χ4n) is 2.36. The van der Waals surface area contributed by atoms with E-state index in [-0.39, 0.29) is 0 Å². The number of nitrogens with two attached hydrogens (primary N) is 1. The summed E-state index contributed by atoms with van der Waals surface area (Å²) in [5.74, 6) is 0. The van der Waals surface area contributed by atoms with E-state index < -0.39 is 0 Å². The highest BCUT2D eigenvalue weighted by molar-refractivity contribution is 9.10. The van der Waals surface area contributed by atoms with E-state index in [2.05, 4.69) is 52.1 Å². The van der Waals surface area contributed by atoms with E-state index in [1.54, 1.807) is 6.20 Å². The number of likely N-dealkylation sites (tertiary alicyclic amines) is 1. The summed E-state index contributed by atoms with van der Waals surface area (Å²) >= 11 is 3.62. The molecule has 0 amide bonds. The SMILES string of the molecule is CN1/C(=C\N)CCCC1c1ccccc1Br. The highest BCUT2D eigenvalue weighted by atomic mass is 79.9. The molecular weight excluding hydrogens is 264 g/mol. The second-order valence-corrected chi connectivity index (χ2v) is 5.05. The Labute approximate surface area is 105 Å². The normalized spacial score (nSPS) is 23.8. The van der Waals surface area contributed by atoms with Gasteiger partial charge in [0.1, 0.15) is 0 Å². The molecule has 1 aliphatic rings. The lowest BCUT2D eigenvalue weighted by atomic mass is 9.94. The van der Waals surface area contributed by atoms with E-state index in [1.807, 2.05) is 0 Å². The fraction of sp³-hybridized carbons (Fsp3) is 0.385. The fourth-order valence-corrected chi connectivity index (χ4v) is 2.91. The smallest absolute Gasteiger partial charge is 0.0547 e. The maximum absolute atomic E-state index is 5.66. The number of benzene rings is 1. The van der Waals surface area contributed by atoms with Gasteiger partial charge in [-0.15, -0.1) is 0 Å². The van der Waals surface area contributed by atoms with Crippen molar-refractivity contribution in [2.24, 2.45) is 5.73 Å². The average Bonchev–Trinajstić information content (AvgIpc) is 2.31. The van der Waals surface area contributed by atoms with Gasteiger partial charge in [0.15, 0.2) is 0 Å². The van der Waals surface area contributed by atoms with E-state index in [4.69, 9.17) is 5.73 Å². The lowest BCUT2D eigenvalue weighted by molar-refractivity contribution is 0.241. The molecule has 0 saturated carbocycles. The Balaban J connectivity index is 2.30. The van der Waals surface area contributed by atoms with Crippen LogP contribution in [0, 0.1) is 0 Å². The quantitative estimate of drug-likeness (QED) is 0.854. The Kier molecular flexibility index (Phi) is 3.54. The Morgan fingerprint density at radius 2 is 2.19 bits per heavy atom. The number of allylic oxidation sites excluding steroid dienone is 1. The molecule has 1 heterocycles. The first-order valence-corrected chi connectivity index (χ1v) is 6.41. The van der Waals surface area contributed by atoms with Gasteiger partial charge in [0.05, 0.1) is 6.04 Å². The molecule has 0 aromatic heterocycles. The van der Waals surface area contributed by atoms with Crippen LogP contribution in [-0.4, -0.2) is 11.9 Å². The largest absolute Gasteiger partial charge is 0.403 e. The first-order chi connectivity index (χ1) is 7.74. The number of piperidine rings is 1. The van der Waals surface area contributed by atoms with Crippen molar-refractivity contribution >= 4 is 15.9 Å². The predicted octanol–water partition coefficient (Wildman–Crippen LogP) is 3.41. The number of rotatable bonds is 1. The number of hydrogen-bond donors (Lipinski definition) is 1. The van der Waals surface area contributed by atoms with Gasteiger partial charge in [-0.25, -0.2) is 0 Å². The molecule has 0 bridgehead atoms. The molecule has 3 heteroatoms. The summed E-state index contributed by atoms with van der Waals surface area (Å²) in [4.78, 5) is 2.30. The molecule has 0 radical (unpaired) electrons. The van der Waals surface area contributed by atoms with Crippen molar-refractivity contribution in [2.45, 2.75) is 25.3 Å². The predicted molar refractivity (Wildman–Crippen MR) is 70.8 cm³/mol. The van der Waals surface area contributed by atoms with Gasteiger partial charge in [0.2, 0.25) is 0 Å². The number of hydrogen-bond acceptors (Lipinski definition) is 2. The van der Waals surface area contributed by atoms with Crippen LogP contribution in [0.3, 0.4) is 0 Å². The van der Waals surface area contributed by atoms with Crippen LogP contribution in [0.1, 0.15) is 30.9 Å². The van der Waals surface area contributed by atoms with Crippen molar-refractivity contribution in [3.05, 3.63) is 46.2 Å². The molecule has 1 fully saturated rings. The zero-order valence-electron chi connectivity index (χ0n) is 9.49. The minimum Gasteiger partial charge on any atom is -0.403 e. The molecule has 1 aromatic carbocycles. The van der Waals surface area contributed by atoms with Crippen LogP contribution in [0.2, 0.25) is 0 Å². The molecule has 0 spiro atoms. The third kappa shape index (κ3) is 2.09. The first-order valence-electron chi connectivity index (χ1n) is 5.62. The summed E-state index contributed by atoms with van der Waals surface area (Å²) in [6.07, 6.45) is 5.23. The second-order valence-electron chi connectivity index (χ2n) is 4.20. The van der Waals surface area contributed by atoms with E-state index in [0.717, 1.165) is 6.42 Å². The lowest BCUT2D eigenvalue weighted by Crippen LogP contribution is -2.28. The Morgan fingerprint density at radius 1 is 1.44 bits per heavy atom. The van der Waals surface area contributed by atoms with Gasteiger partial charge < -0.3 is 10.6 Å². The molecule has 0 aliphatic carbocycles. The third-order valence-corrected chi connectivity index (χ3v) is 4.01. The van der Waals surface area contributed by atoms with Crippen LogP contribution in [-0.2, 0) is 0 Å². The van der Waals surface area contributed by atoms with E-state index in [1.165, 1.54) is 28.6 Å². The van der Waals surface area contributed by atoms with Gasteiger partial charge in [-0.3, -0.25) is 0 Å². The van der Waals surface area contributed by atoms with Crippen LogP contribution in [0.4, 0.5) is 0 Å².